The van der Waals surface area contributed by atoms with E-state index in [-0.39, 0.29) is 5.41 Å². The number of rotatable bonds is 7. The van der Waals surface area contributed by atoms with E-state index < -0.39 is 0 Å². The van der Waals surface area contributed by atoms with Crippen molar-refractivity contribution in [2.75, 3.05) is 9.80 Å². The second-order valence-electron chi connectivity index (χ2n) is 15.4. The van der Waals surface area contributed by atoms with Crippen molar-refractivity contribution in [2.45, 2.75) is 26.2 Å². The summed E-state index contributed by atoms with van der Waals surface area (Å²) in [6, 6.07) is 68.0. The molecule has 1 heterocycles. The van der Waals surface area contributed by atoms with Gasteiger partial charge in [0.1, 0.15) is 5.82 Å². The highest BCUT2D eigenvalue weighted by Crippen LogP contribution is 2.51. The van der Waals surface area contributed by atoms with Crippen molar-refractivity contribution >= 4 is 55.8 Å². The molecule has 0 saturated heterocycles. The van der Waals surface area contributed by atoms with Crippen molar-refractivity contribution in [1.82, 2.24) is 4.98 Å². The van der Waals surface area contributed by atoms with Gasteiger partial charge in [-0.15, -0.1) is 0 Å². The van der Waals surface area contributed by atoms with Crippen LogP contribution >= 0.6 is 0 Å². The number of anilines is 6. The van der Waals surface area contributed by atoms with Crippen LogP contribution in [0.5, 0.6) is 0 Å². The maximum absolute atomic E-state index is 5.19. The third-order valence-electron chi connectivity index (χ3n) is 11.6. The fourth-order valence-corrected chi connectivity index (χ4v) is 8.58. The Morgan fingerprint density at radius 3 is 1.82 bits per heavy atom. The molecule has 0 unspecified atom stereocenters. The summed E-state index contributed by atoms with van der Waals surface area (Å²) in [4.78, 5) is 9.84. The van der Waals surface area contributed by atoms with E-state index in [4.69, 9.17) is 4.98 Å². The predicted molar refractivity (Wildman–Crippen MR) is 236 cm³/mol. The van der Waals surface area contributed by atoms with Gasteiger partial charge in [0.05, 0.1) is 5.69 Å². The summed E-state index contributed by atoms with van der Waals surface area (Å²) in [6.45, 7) is 6.80. The van der Waals surface area contributed by atoms with Crippen LogP contribution in [0.2, 0.25) is 0 Å². The van der Waals surface area contributed by atoms with Crippen LogP contribution in [-0.4, -0.2) is 4.98 Å². The van der Waals surface area contributed by atoms with Crippen molar-refractivity contribution in [2.24, 2.45) is 0 Å². The maximum atomic E-state index is 5.19. The van der Waals surface area contributed by atoms with Crippen LogP contribution < -0.4 is 9.80 Å². The SMILES string of the molecule is Cc1ccc(N(c2ccc(-c3ccc(N(c4ccc5c(c4)C(C)(C)c4ccccc4-5)c4cccc5ccccc45)nc3)cc2)c2ccc3ccccc3c2)cc1. The Morgan fingerprint density at radius 1 is 0.429 bits per heavy atom. The topological polar surface area (TPSA) is 19.4 Å². The lowest BCUT2D eigenvalue weighted by Gasteiger charge is -2.28. The van der Waals surface area contributed by atoms with E-state index in [9.17, 15) is 0 Å². The minimum atomic E-state index is -0.112. The monoisotopic (exact) mass is 719 g/mol. The molecule has 0 N–H and O–H groups in total. The summed E-state index contributed by atoms with van der Waals surface area (Å²) in [5.74, 6) is 0.872. The van der Waals surface area contributed by atoms with E-state index in [0.717, 1.165) is 45.4 Å². The van der Waals surface area contributed by atoms with Crippen LogP contribution in [0.3, 0.4) is 0 Å². The Hall–Kier alpha value is -6.97. The fraction of sp³-hybridized carbons (Fsp3) is 0.0755. The van der Waals surface area contributed by atoms with Gasteiger partial charge in [-0.25, -0.2) is 4.98 Å². The highest BCUT2D eigenvalue weighted by Gasteiger charge is 2.36. The summed E-state index contributed by atoms with van der Waals surface area (Å²) in [5.41, 5.74) is 14.2. The standard InChI is InChI=1S/C53H41N3/c1-36-19-25-42(26-20-36)55(44-29-23-37-11-4-5-13-40(37)33-44)43-27-21-38(22-28-43)41-24-32-52(54-35-41)56(51-18-10-14-39-12-6-7-15-46(39)51)45-30-31-48-47-16-8-9-17-49(47)53(2,3)50(48)34-45/h4-35H,1-3H3. The predicted octanol–water partition coefficient (Wildman–Crippen LogP) is 14.6. The second kappa shape index (κ2) is 13.4. The molecular weight excluding hydrogens is 679 g/mol. The lowest BCUT2D eigenvalue weighted by Crippen LogP contribution is -2.17. The molecule has 0 fully saturated rings. The van der Waals surface area contributed by atoms with Crippen LogP contribution in [-0.2, 0) is 5.41 Å². The summed E-state index contributed by atoms with van der Waals surface area (Å²) >= 11 is 0. The number of aryl methyl sites for hydroxylation is 1. The molecule has 0 atom stereocenters. The summed E-state index contributed by atoms with van der Waals surface area (Å²) in [5, 5.41) is 4.83. The van der Waals surface area contributed by atoms with E-state index in [1.54, 1.807) is 0 Å². The first-order valence-electron chi connectivity index (χ1n) is 19.4. The van der Waals surface area contributed by atoms with Crippen molar-refractivity contribution in [3.05, 3.63) is 211 Å². The number of nitrogens with zero attached hydrogens (tertiary/aromatic N) is 3. The smallest absolute Gasteiger partial charge is 0.137 e. The normalized spacial score (nSPS) is 12.7. The largest absolute Gasteiger partial charge is 0.310 e. The van der Waals surface area contributed by atoms with Crippen LogP contribution in [0.1, 0.15) is 30.5 Å². The number of hydrogen-bond acceptors (Lipinski definition) is 3. The summed E-state index contributed by atoms with van der Waals surface area (Å²) in [7, 11) is 0. The van der Waals surface area contributed by atoms with Gasteiger partial charge < -0.3 is 4.90 Å². The average Bonchev–Trinajstić information content (AvgIpc) is 3.47. The summed E-state index contributed by atoms with van der Waals surface area (Å²) < 4.78 is 0. The average molecular weight is 720 g/mol. The second-order valence-corrected chi connectivity index (χ2v) is 15.4. The highest BCUT2D eigenvalue weighted by molar-refractivity contribution is 5.99. The molecule has 0 amide bonds. The number of fused-ring (bicyclic) bond motifs is 5. The molecule has 9 aromatic rings. The Labute approximate surface area is 328 Å². The molecule has 0 bridgehead atoms. The van der Waals surface area contributed by atoms with Gasteiger partial charge in [0, 0.05) is 45.3 Å². The Balaban J connectivity index is 1.03. The quantitative estimate of drug-likeness (QED) is 0.163. The van der Waals surface area contributed by atoms with Gasteiger partial charge in [-0.3, -0.25) is 4.90 Å². The van der Waals surface area contributed by atoms with E-state index in [2.05, 4.69) is 219 Å². The third kappa shape index (κ3) is 5.72. The minimum absolute atomic E-state index is 0.112. The number of benzene rings is 8. The van der Waals surface area contributed by atoms with E-state index in [0.29, 0.717) is 0 Å². The lowest BCUT2D eigenvalue weighted by molar-refractivity contribution is 0.660. The molecule has 268 valence electrons. The van der Waals surface area contributed by atoms with Crippen molar-refractivity contribution in [3.8, 4) is 22.3 Å². The third-order valence-corrected chi connectivity index (χ3v) is 11.6. The number of hydrogen-bond donors (Lipinski definition) is 0. The minimum Gasteiger partial charge on any atom is -0.310 e. The van der Waals surface area contributed by atoms with Crippen molar-refractivity contribution in [1.29, 1.82) is 0 Å². The molecule has 0 saturated carbocycles. The first-order valence-corrected chi connectivity index (χ1v) is 19.4. The molecular formula is C53H41N3. The van der Waals surface area contributed by atoms with Crippen LogP contribution in [0, 0.1) is 6.92 Å². The number of pyridine rings is 1. The zero-order valence-electron chi connectivity index (χ0n) is 31.8. The lowest BCUT2D eigenvalue weighted by atomic mass is 9.82. The van der Waals surface area contributed by atoms with Crippen LogP contribution in [0.4, 0.5) is 34.3 Å². The molecule has 3 heteroatoms. The number of aromatic nitrogens is 1. The van der Waals surface area contributed by atoms with Gasteiger partial charge in [0.15, 0.2) is 0 Å². The maximum Gasteiger partial charge on any atom is 0.137 e. The van der Waals surface area contributed by atoms with Gasteiger partial charge in [0.25, 0.3) is 0 Å². The molecule has 0 aliphatic heterocycles. The van der Waals surface area contributed by atoms with Crippen LogP contribution in [0.15, 0.2) is 194 Å². The molecule has 10 rings (SSSR count). The van der Waals surface area contributed by atoms with Crippen molar-refractivity contribution in [3.63, 3.8) is 0 Å². The molecule has 3 nitrogen and oxygen atoms in total. The molecule has 0 spiro atoms. The van der Waals surface area contributed by atoms with E-state index in [1.165, 1.54) is 49.4 Å². The van der Waals surface area contributed by atoms with Crippen LogP contribution in [0.25, 0.3) is 43.8 Å². The van der Waals surface area contributed by atoms with Crippen molar-refractivity contribution < 1.29 is 0 Å². The molecule has 8 aromatic carbocycles. The highest BCUT2D eigenvalue weighted by atomic mass is 15.2. The first kappa shape index (κ1) is 33.6. The first-order chi connectivity index (χ1) is 27.4. The van der Waals surface area contributed by atoms with E-state index in [1.807, 2.05) is 6.20 Å². The van der Waals surface area contributed by atoms with Gasteiger partial charge >= 0.3 is 0 Å². The zero-order chi connectivity index (χ0) is 37.8. The Kier molecular flexibility index (Phi) is 8.04. The molecule has 1 aliphatic carbocycles. The Morgan fingerprint density at radius 2 is 1.04 bits per heavy atom. The molecule has 1 aliphatic rings. The van der Waals surface area contributed by atoms with Gasteiger partial charge in [-0.05, 0) is 118 Å². The van der Waals surface area contributed by atoms with Gasteiger partial charge in [-0.2, -0.15) is 0 Å². The van der Waals surface area contributed by atoms with E-state index >= 15 is 0 Å². The fourth-order valence-electron chi connectivity index (χ4n) is 8.58. The molecule has 56 heavy (non-hydrogen) atoms. The molecule has 0 radical (unpaired) electrons. The Bertz CT molecular complexity index is 2880. The van der Waals surface area contributed by atoms with Gasteiger partial charge in [0.2, 0.25) is 0 Å². The van der Waals surface area contributed by atoms with Gasteiger partial charge in [-0.1, -0.05) is 141 Å². The summed E-state index contributed by atoms with van der Waals surface area (Å²) in [6.07, 6.45) is 2.01. The molecule has 1 aromatic heterocycles. The zero-order valence-corrected chi connectivity index (χ0v) is 31.8.